The van der Waals surface area contributed by atoms with Gasteiger partial charge in [0.05, 0.1) is 13.2 Å². The van der Waals surface area contributed by atoms with Crippen LogP contribution in [-0.2, 0) is 10.4 Å². The standard InChI is InChI=1S/C12H13N3OS/c1-12(9-5-3-2-4-6-9)10-13-7-8-16-15(10)11(17)14-12/h2-6H,7-8H2,1H3,(H,14,17). The van der Waals surface area contributed by atoms with Gasteiger partial charge in [-0.25, -0.2) is 0 Å². The molecule has 0 amide bonds. The van der Waals surface area contributed by atoms with Crippen LogP contribution in [0.3, 0.4) is 0 Å². The second kappa shape index (κ2) is 3.78. The second-order valence-corrected chi connectivity index (χ2v) is 4.64. The highest BCUT2D eigenvalue weighted by Gasteiger charge is 2.46. The molecule has 1 saturated heterocycles. The average Bonchev–Trinajstić information content (AvgIpc) is 2.65. The van der Waals surface area contributed by atoms with Crippen molar-refractivity contribution in [2.75, 3.05) is 13.2 Å². The highest BCUT2D eigenvalue weighted by Crippen LogP contribution is 2.31. The zero-order valence-corrected chi connectivity index (χ0v) is 10.3. The summed E-state index contributed by atoms with van der Waals surface area (Å²) in [6.07, 6.45) is 0. The van der Waals surface area contributed by atoms with Gasteiger partial charge < -0.3 is 5.32 Å². The molecule has 1 aromatic carbocycles. The van der Waals surface area contributed by atoms with Crippen LogP contribution in [0.5, 0.6) is 0 Å². The van der Waals surface area contributed by atoms with E-state index in [1.54, 1.807) is 5.06 Å². The van der Waals surface area contributed by atoms with Crippen LogP contribution in [0.1, 0.15) is 12.5 Å². The zero-order chi connectivity index (χ0) is 11.9. The van der Waals surface area contributed by atoms with Gasteiger partial charge in [0.2, 0.25) is 5.11 Å². The molecule has 17 heavy (non-hydrogen) atoms. The fourth-order valence-corrected chi connectivity index (χ4v) is 2.56. The Balaban J connectivity index is 2.09. The molecule has 0 aliphatic carbocycles. The van der Waals surface area contributed by atoms with Gasteiger partial charge in [-0.2, -0.15) is 5.06 Å². The molecule has 0 spiro atoms. The summed E-state index contributed by atoms with van der Waals surface area (Å²) < 4.78 is 0. The minimum Gasteiger partial charge on any atom is -0.344 e. The number of hydroxylamine groups is 2. The van der Waals surface area contributed by atoms with E-state index in [1.165, 1.54) is 0 Å². The molecule has 0 saturated carbocycles. The summed E-state index contributed by atoms with van der Waals surface area (Å²) in [6, 6.07) is 10.2. The summed E-state index contributed by atoms with van der Waals surface area (Å²) in [7, 11) is 0. The molecule has 0 aromatic heterocycles. The number of nitrogens with one attached hydrogen (secondary N) is 1. The maximum Gasteiger partial charge on any atom is 0.200 e. The molecule has 5 heteroatoms. The van der Waals surface area contributed by atoms with E-state index < -0.39 is 5.54 Å². The molecule has 2 aliphatic rings. The predicted octanol–water partition coefficient (Wildman–Crippen LogP) is 1.44. The third kappa shape index (κ3) is 1.54. The summed E-state index contributed by atoms with van der Waals surface area (Å²) in [5.41, 5.74) is 0.743. The number of aliphatic imine (C=N–C) groups is 1. The van der Waals surface area contributed by atoms with Crippen LogP contribution in [0.25, 0.3) is 0 Å². The van der Waals surface area contributed by atoms with Crippen LogP contribution >= 0.6 is 12.2 Å². The predicted molar refractivity (Wildman–Crippen MR) is 69.6 cm³/mol. The molecular weight excluding hydrogens is 234 g/mol. The smallest absolute Gasteiger partial charge is 0.200 e. The van der Waals surface area contributed by atoms with Crippen molar-refractivity contribution in [3.63, 3.8) is 0 Å². The van der Waals surface area contributed by atoms with Crippen molar-refractivity contribution in [3.05, 3.63) is 35.9 Å². The van der Waals surface area contributed by atoms with Crippen LogP contribution < -0.4 is 5.32 Å². The number of amidine groups is 1. The van der Waals surface area contributed by atoms with E-state index in [0.717, 1.165) is 11.4 Å². The van der Waals surface area contributed by atoms with E-state index >= 15 is 0 Å². The van der Waals surface area contributed by atoms with E-state index in [9.17, 15) is 0 Å². The first-order chi connectivity index (χ1) is 8.22. The fourth-order valence-electron chi connectivity index (χ4n) is 2.22. The van der Waals surface area contributed by atoms with Gasteiger partial charge in [0.1, 0.15) is 5.54 Å². The molecule has 2 heterocycles. The maximum atomic E-state index is 5.53. The Hall–Kier alpha value is -1.46. The van der Waals surface area contributed by atoms with E-state index in [4.69, 9.17) is 17.1 Å². The SMILES string of the molecule is CC1(c2ccccc2)NC(=S)N2OCCN=C21. The molecule has 0 bridgehead atoms. The van der Waals surface area contributed by atoms with Gasteiger partial charge in [-0.3, -0.25) is 9.83 Å². The minimum absolute atomic E-state index is 0.390. The molecule has 88 valence electrons. The molecule has 1 N–H and O–H groups in total. The lowest BCUT2D eigenvalue weighted by molar-refractivity contribution is -0.0433. The summed E-state index contributed by atoms with van der Waals surface area (Å²) in [6.45, 7) is 3.33. The van der Waals surface area contributed by atoms with E-state index in [-0.39, 0.29) is 0 Å². The van der Waals surface area contributed by atoms with E-state index in [1.807, 2.05) is 18.2 Å². The lowest BCUT2D eigenvalue weighted by Gasteiger charge is -2.28. The molecular formula is C12H13N3OS. The summed E-state index contributed by atoms with van der Waals surface area (Å²) in [4.78, 5) is 10.1. The molecule has 3 rings (SSSR count). The monoisotopic (exact) mass is 247 g/mol. The number of rotatable bonds is 1. The number of fused-ring (bicyclic) bond motifs is 1. The van der Waals surface area contributed by atoms with Gasteiger partial charge in [-0.1, -0.05) is 30.3 Å². The van der Waals surface area contributed by atoms with Crippen LogP contribution in [0.4, 0.5) is 0 Å². The van der Waals surface area contributed by atoms with Crippen molar-refractivity contribution in [3.8, 4) is 0 Å². The third-order valence-electron chi connectivity index (χ3n) is 3.11. The van der Waals surface area contributed by atoms with Crippen molar-refractivity contribution in [1.82, 2.24) is 10.4 Å². The molecule has 0 radical (unpaired) electrons. The first-order valence-electron chi connectivity index (χ1n) is 5.57. The lowest BCUT2D eigenvalue weighted by Crippen LogP contribution is -2.42. The van der Waals surface area contributed by atoms with Crippen LogP contribution in [0.15, 0.2) is 35.3 Å². The Morgan fingerprint density at radius 2 is 2.18 bits per heavy atom. The minimum atomic E-state index is -0.390. The van der Waals surface area contributed by atoms with Gasteiger partial charge in [0.25, 0.3) is 0 Å². The molecule has 2 aliphatic heterocycles. The van der Waals surface area contributed by atoms with Gasteiger partial charge in [-0.15, -0.1) is 0 Å². The average molecular weight is 247 g/mol. The Morgan fingerprint density at radius 1 is 1.41 bits per heavy atom. The molecule has 1 unspecified atom stereocenters. The topological polar surface area (TPSA) is 36.9 Å². The highest BCUT2D eigenvalue weighted by atomic mass is 32.1. The largest absolute Gasteiger partial charge is 0.344 e. The van der Waals surface area contributed by atoms with Crippen LogP contribution in [-0.4, -0.2) is 29.2 Å². The summed E-state index contributed by atoms with van der Waals surface area (Å²) in [5, 5.41) is 5.50. The lowest BCUT2D eigenvalue weighted by atomic mass is 9.92. The molecule has 1 aromatic rings. The van der Waals surface area contributed by atoms with Gasteiger partial charge in [0.15, 0.2) is 5.84 Å². The Bertz CT molecular complexity index is 488. The molecule has 1 atom stereocenters. The Kier molecular flexibility index (Phi) is 2.38. The number of nitrogens with zero attached hydrogens (tertiary/aromatic N) is 2. The van der Waals surface area contributed by atoms with E-state index in [0.29, 0.717) is 18.3 Å². The number of hydrogen-bond donors (Lipinski definition) is 1. The summed E-state index contributed by atoms with van der Waals surface area (Å²) >= 11 is 5.27. The fraction of sp³-hybridized carbons (Fsp3) is 0.333. The number of benzene rings is 1. The number of thiocarbonyl (C=S) groups is 1. The van der Waals surface area contributed by atoms with Crippen molar-refractivity contribution in [2.24, 2.45) is 4.99 Å². The highest BCUT2D eigenvalue weighted by molar-refractivity contribution is 7.80. The molecule has 1 fully saturated rings. The Morgan fingerprint density at radius 3 is 2.94 bits per heavy atom. The van der Waals surface area contributed by atoms with E-state index in [2.05, 4.69) is 29.4 Å². The van der Waals surface area contributed by atoms with Crippen molar-refractivity contribution >= 4 is 23.2 Å². The first kappa shape index (κ1) is 10.7. The number of hydrogen-bond acceptors (Lipinski definition) is 3. The van der Waals surface area contributed by atoms with Gasteiger partial charge in [0, 0.05) is 0 Å². The van der Waals surface area contributed by atoms with Crippen LogP contribution in [0, 0.1) is 0 Å². The normalized spacial score (nSPS) is 27.5. The van der Waals surface area contributed by atoms with Crippen molar-refractivity contribution < 1.29 is 4.84 Å². The van der Waals surface area contributed by atoms with Crippen molar-refractivity contribution in [1.29, 1.82) is 0 Å². The zero-order valence-electron chi connectivity index (χ0n) is 9.51. The first-order valence-corrected chi connectivity index (χ1v) is 5.98. The Labute approximate surface area is 105 Å². The third-order valence-corrected chi connectivity index (χ3v) is 3.37. The summed E-state index contributed by atoms with van der Waals surface area (Å²) in [5.74, 6) is 0.847. The van der Waals surface area contributed by atoms with Gasteiger partial charge >= 0.3 is 0 Å². The maximum absolute atomic E-state index is 5.53. The quantitative estimate of drug-likeness (QED) is 0.762. The van der Waals surface area contributed by atoms with Crippen molar-refractivity contribution in [2.45, 2.75) is 12.5 Å². The van der Waals surface area contributed by atoms with Gasteiger partial charge in [-0.05, 0) is 24.7 Å². The molecule has 4 nitrogen and oxygen atoms in total. The van der Waals surface area contributed by atoms with Crippen LogP contribution in [0.2, 0.25) is 0 Å². The second-order valence-electron chi connectivity index (χ2n) is 4.25.